The standard InChI is InChI=1S/C17H30/c1-3-12-8-10-14-6-5-7-15-11-9-13(4-2)16(12)17(14)15/h12-17H,3-11H2,1-2H3. The molecule has 0 saturated heterocycles. The first kappa shape index (κ1) is 12.1. The smallest absolute Gasteiger partial charge is 0.0324 e. The molecule has 0 spiro atoms. The van der Waals surface area contributed by atoms with E-state index in [4.69, 9.17) is 0 Å². The van der Waals surface area contributed by atoms with Gasteiger partial charge < -0.3 is 0 Å². The molecule has 17 heavy (non-hydrogen) atoms. The number of hydrogen-bond acceptors (Lipinski definition) is 0. The maximum Gasteiger partial charge on any atom is -0.0324 e. The molecule has 0 N–H and O–H groups in total. The fourth-order valence-electron chi connectivity index (χ4n) is 5.92. The minimum absolute atomic E-state index is 1.09. The van der Waals surface area contributed by atoms with Gasteiger partial charge in [-0.2, -0.15) is 0 Å². The SMILES string of the molecule is CCC1CCC2CCCC3CCC(CC)C1C23. The second-order valence-corrected chi connectivity index (χ2v) is 7.10. The molecule has 0 aromatic rings. The molecule has 0 nitrogen and oxygen atoms in total. The third-order valence-electron chi connectivity index (χ3n) is 6.64. The summed E-state index contributed by atoms with van der Waals surface area (Å²) in [7, 11) is 0. The van der Waals surface area contributed by atoms with Gasteiger partial charge in [0.05, 0.1) is 0 Å². The third-order valence-corrected chi connectivity index (χ3v) is 6.64. The van der Waals surface area contributed by atoms with E-state index in [1.807, 2.05) is 0 Å². The minimum atomic E-state index is 1.09. The van der Waals surface area contributed by atoms with E-state index in [-0.39, 0.29) is 0 Å². The Morgan fingerprint density at radius 2 is 1.18 bits per heavy atom. The molecule has 0 aromatic carbocycles. The zero-order valence-electron chi connectivity index (χ0n) is 11.8. The van der Waals surface area contributed by atoms with Crippen LogP contribution in [0.2, 0.25) is 0 Å². The van der Waals surface area contributed by atoms with E-state index in [1.54, 1.807) is 44.9 Å². The van der Waals surface area contributed by atoms with Gasteiger partial charge in [-0.25, -0.2) is 0 Å². The molecule has 4 unspecified atom stereocenters. The summed E-state index contributed by atoms with van der Waals surface area (Å²) in [6.07, 6.45) is 13.9. The van der Waals surface area contributed by atoms with Gasteiger partial charge in [0, 0.05) is 0 Å². The number of hydrogen-bond donors (Lipinski definition) is 0. The van der Waals surface area contributed by atoms with Crippen LogP contribution < -0.4 is 0 Å². The van der Waals surface area contributed by atoms with Gasteiger partial charge in [0.15, 0.2) is 0 Å². The summed E-state index contributed by atoms with van der Waals surface area (Å²) in [6, 6.07) is 0. The Kier molecular flexibility index (Phi) is 3.50. The highest BCUT2D eigenvalue weighted by Gasteiger charge is 2.48. The molecular weight excluding hydrogens is 204 g/mol. The van der Waals surface area contributed by atoms with Gasteiger partial charge in [-0.05, 0) is 61.2 Å². The van der Waals surface area contributed by atoms with Gasteiger partial charge in [-0.15, -0.1) is 0 Å². The van der Waals surface area contributed by atoms with Gasteiger partial charge >= 0.3 is 0 Å². The van der Waals surface area contributed by atoms with Crippen molar-refractivity contribution in [3.63, 3.8) is 0 Å². The zero-order valence-corrected chi connectivity index (χ0v) is 11.8. The molecule has 3 rings (SSSR count). The van der Waals surface area contributed by atoms with E-state index in [1.165, 1.54) is 12.8 Å². The lowest BCUT2D eigenvalue weighted by Gasteiger charge is -2.55. The van der Waals surface area contributed by atoms with Gasteiger partial charge in [-0.3, -0.25) is 0 Å². The van der Waals surface area contributed by atoms with Crippen molar-refractivity contribution in [3.05, 3.63) is 0 Å². The van der Waals surface area contributed by atoms with Gasteiger partial charge in [0.25, 0.3) is 0 Å². The van der Waals surface area contributed by atoms with Crippen molar-refractivity contribution >= 4 is 0 Å². The minimum Gasteiger partial charge on any atom is -0.0651 e. The maximum atomic E-state index is 2.45. The summed E-state index contributed by atoms with van der Waals surface area (Å²) in [5.41, 5.74) is 0. The van der Waals surface area contributed by atoms with Gasteiger partial charge in [-0.1, -0.05) is 46.0 Å². The average molecular weight is 234 g/mol. The second-order valence-electron chi connectivity index (χ2n) is 7.10. The lowest BCUT2D eigenvalue weighted by molar-refractivity contribution is -0.0582. The van der Waals surface area contributed by atoms with Crippen LogP contribution in [0.4, 0.5) is 0 Å². The monoisotopic (exact) mass is 234 g/mol. The van der Waals surface area contributed by atoms with Crippen molar-refractivity contribution in [3.8, 4) is 0 Å². The molecule has 3 aliphatic carbocycles. The van der Waals surface area contributed by atoms with Crippen LogP contribution in [0.25, 0.3) is 0 Å². The van der Waals surface area contributed by atoms with Crippen LogP contribution in [0.5, 0.6) is 0 Å². The summed E-state index contributed by atoms with van der Waals surface area (Å²) in [6.45, 7) is 4.90. The topological polar surface area (TPSA) is 0 Å². The molecular formula is C17H30. The van der Waals surface area contributed by atoms with E-state index in [9.17, 15) is 0 Å². The van der Waals surface area contributed by atoms with Crippen molar-refractivity contribution in [1.82, 2.24) is 0 Å². The largest absolute Gasteiger partial charge is 0.0651 e. The molecule has 3 fully saturated rings. The van der Waals surface area contributed by atoms with E-state index in [0.717, 1.165) is 35.5 Å². The molecule has 0 amide bonds. The van der Waals surface area contributed by atoms with Crippen molar-refractivity contribution in [2.24, 2.45) is 35.5 Å². The Morgan fingerprint density at radius 1 is 0.647 bits per heavy atom. The van der Waals surface area contributed by atoms with E-state index < -0.39 is 0 Å². The van der Waals surface area contributed by atoms with Crippen molar-refractivity contribution in [1.29, 1.82) is 0 Å². The Balaban J connectivity index is 1.86. The van der Waals surface area contributed by atoms with Crippen molar-refractivity contribution in [2.45, 2.75) is 71.6 Å². The summed E-state index contributed by atoms with van der Waals surface area (Å²) in [5.74, 6) is 6.72. The van der Waals surface area contributed by atoms with Crippen molar-refractivity contribution < 1.29 is 0 Å². The van der Waals surface area contributed by atoms with E-state index in [2.05, 4.69) is 13.8 Å². The highest BCUT2D eigenvalue weighted by molar-refractivity contribution is 4.98. The van der Waals surface area contributed by atoms with E-state index >= 15 is 0 Å². The van der Waals surface area contributed by atoms with Gasteiger partial charge in [0.1, 0.15) is 0 Å². The Hall–Kier alpha value is 0. The lowest BCUT2D eigenvalue weighted by Crippen LogP contribution is -2.47. The molecule has 0 radical (unpaired) electrons. The van der Waals surface area contributed by atoms with Crippen LogP contribution in [-0.2, 0) is 0 Å². The normalized spacial score (nSPS) is 49.8. The Bertz CT molecular complexity index is 233. The lowest BCUT2D eigenvalue weighted by atomic mass is 9.50. The van der Waals surface area contributed by atoms with Crippen LogP contribution in [0.3, 0.4) is 0 Å². The summed E-state index contributed by atoms with van der Waals surface area (Å²) in [5, 5.41) is 0. The second kappa shape index (κ2) is 4.94. The molecule has 3 saturated carbocycles. The third kappa shape index (κ3) is 1.96. The van der Waals surface area contributed by atoms with Crippen LogP contribution in [0.1, 0.15) is 71.6 Å². The first-order chi connectivity index (χ1) is 8.35. The van der Waals surface area contributed by atoms with Crippen LogP contribution in [0.15, 0.2) is 0 Å². The summed E-state index contributed by atoms with van der Waals surface area (Å²) in [4.78, 5) is 0. The maximum absolute atomic E-state index is 2.45. The predicted octanol–water partition coefficient (Wildman–Crippen LogP) is 5.28. The molecule has 0 aromatic heterocycles. The molecule has 0 heteroatoms. The molecule has 98 valence electrons. The molecule has 3 aliphatic rings. The molecule has 0 bridgehead atoms. The Labute approximate surface area is 108 Å². The molecule has 0 heterocycles. The van der Waals surface area contributed by atoms with Crippen LogP contribution in [0, 0.1) is 35.5 Å². The summed E-state index contributed by atoms with van der Waals surface area (Å²) < 4.78 is 0. The highest BCUT2D eigenvalue weighted by atomic mass is 14.5. The summed E-state index contributed by atoms with van der Waals surface area (Å²) >= 11 is 0. The molecule has 4 atom stereocenters. The number of rotatable bonds is 2. The van der Waals surface area contributed by atoms with Crippen LogP contribution >= 0.6 is 0 Å². The fraction of sp³-hybridized carbons (Fsp3) is 1.00. The quantitative estimate of drug-likeness (QED) is 0.610. The fourth-order valence-corrected chi connectivity index (χ4v) is 5.92. The van der Waals surface area contributed by atoms with Gasteiger partial charge in [0.2, 0.25) is 0 Å². The highest BCUT2D eigenvalue weighted by Crippen LogP contribution is 2.57. The van der Waals surface area contributed by atoms with E-state index in [0.29, 0.717) is 0 Å². The predicted molar refractivity (Wildman–Crippen MR) is 73.8 cm³/mol. The Morgan fingerprint density at radius 3 is 1.65 bits per heavy atom. The zero-order chi connectivity index (χ0) is 11.8. The average Bonchev–Trinajstić information content (AvgIpc) is 2.40. The molecule has 0 aliphatic heterocycles. The van der Waals surface area contributed by atoms with Crippen molar-refractivity contribution in [2.75, 3.05) is 0 Å². The van der Waals surface area contributed by atoms with Crippen LogP contribution in [-0.4, -0.2) is 0 Å². The first-order valence-corrected chi connectivity index (χ1v) is 8.35. The first-order valence-electron chi connectivity index (χ1n) is 8.35.